The molecule has 30 heavy (non-hydrogen) atoms. The molecule has 2 saturated heterocycles. The fraction of sp³-hybridized carbons (Fsp3) is 0.480. The zero-order valence-electron chi connectivity index (χ0n) is 17.5. The second kappa shape index (κ2) is 9.95. The molecule has 0 aliphatic carbocycles. The molecular formula is C25H31ClN2O2. The van der Waals surface area contributed by atoms with E-state index in [9.17, 15) is 4.79 Å². The van der Waals surface area contributed by atoms with Gasteiger partial charge in [0.15, 0.2) is 0 Å². The highest BCUT2D eigenvalue weighted by molar-refractivity contribution is 6.31. The number of benzene rings is 2. The van der Waals surface area contributed by atoms with Gasteiger partial charge >= 0.3 is 0 Å². The number of likely N-dealkylation sites (tertiary alicyclic amines) is 1. The zero-order valence-corrected chi connectivity index (χ0v) is 18.2. The van der Waals surface area contributed by atoms with Gasteiger partial charge in [0.1, 0.15) is 0 Å². The third kappa shape index (κ3) is 5.05. The standard InChI is InChI=1S/C25H31ClN2O2/c26-23-11-5-4-7-20(23)17-28-14-6-8-21(18-28)24(29)27-19-25(12-15-30-16-13-25)22-9-2-1-3-10-22/h1-5,7,9-11,21H,6,8,12-19H2,(H,27,29)/t21-/m1/s1. The lowest BCUT2D eigenvalue weighted by molar-refractivity contribution is -0.127. The molecule has 2 fully saturated rings. The van der Waals surface area contributed by atoms with E-state index in [1.54, 1.807) is 0 Å². The molecule has 2 heterocycles. The van der Waals surface area contributed by atoms with Crippen molar-refractivity contribution < 1.29 is 9.53 Å². The van der Waals surface area contributed by atoms with E-state index in [2.05, 4.69) is 40.5 Å². The molecule has 160 valence electrons. The quantitative estimate of drug-likeness (QED) is 0.743. The number of nitrogens with zero attached hydrogens (tertiary/aromatic N) is 1. The topological polar surface area (TPSA) is 41.6 Å². The van der Waals surface area contributed by atoms with E-state index in [0.717, 1.165) is 69.1 Å². The van der Waals surface area contributed by atoms with Crippen LogP contribution in [-0.2, 0) is 21.5 Å². The van der Waals surface area contributed by atoms with Gasteiger partial charge in [0.25, 0.3) is 0 Å². The molecule has 4 nitrogen and oxygen atoms in total. The Balaban J connectivity index is 1.37. The Kier molecular flexibility index (Phi) is 7.08. The van der Waals surface area contributed by atoms with Crippen molar-refractivity contribution in [1.29, 1.82) is 0 Å². The van der Waals surface area contributed by atoms with Crippen molar-refractivity contribution in [3.8, 4) is 0 Å². The first kappa shape index (κ1) is 21.4. The number of hydrogen-bond acceptors (Lipinski definition) is 3. The molecule has 2 aliphatic heterocycles. The summed E-state index contributed by atoms with van der Waals surface area (Å²) < 4.78 is 5.62. The Morgan fingerprint density at radius 2 is 1.83 bits per heavy atom. The number of carbonyl (C=O) groups is 1. The van der Waals surface area contributed by atoms with E-state index in [-0.39, 0.29) is 17.2 Å². The highest BCUT2D eigenvalue weighted by atomic mass is 35.5. The van der Waals surface area contributed by atoms with E-state index < -0.39 is 0 Å². The molecule has 4 rings (SSSR count). The molecule has 2 aromatic carbocycles. The molecule has 1 N–H and O–H groups in total. The SMILES string of the molecule is O=C(NCC1(c2ccccc2)CCOCC1)[C@@H]1CCCN(Cc2ccccc2Cl)C1. The molecule has 0 unspecified atom stereocenters. The van der Waals surface area contributed by atoms with Gasteiger partial charge in [0, 0.05) is 43.3 Å². The molecule has 0 saturated carbocycles. The lowest BCUT2D eigenvalue weighted by Gasteiger charge is -2.39. The summed E-state index contributed by atoms with van der Waals surface area (Å²) in [5, 5.41) is 4.11. The van der Waals surface area contributed by atoms with Crippen molar-refractivity contribution >= 4 is 17.5 Å². The van der Waals surface area contributed by atoms with Crippen LogP contribution in [0.5, 0.6) is 0 Å². The van der Waals surface area contributed by atoms with Crippen molar-refractivity contribution in [2.75, 3.05) is 32.8 Å². The second-order valence-corrected chi connectivity index (χ2v) is 9.05. The van der Waals surface area contributed by atoms with Crippen molar-refractivity contribution in [3.63, 3.8) is 0 Å². The lowest BCUT2D eigenvalue weighted by atomic mass is 9.74. The number of ether oxygens (including phenoxy) is 1. The molecule has 1 amide bonds. The molecule has 0 bridgehead atoms. The Hall–Kier alpha value is -1.88. The summed E-state index contributed by atoms with van der Waals surface area (Å²) in [5.41, 5.74) is 2.41. The van der Waals surface area contributed by atoms with Crippen LogP contribution in [0.1, 0.15) is 36.8 Å². The number of carbonyl (C=O) groups excluding carboxylic acids is 1. The average molecular weight is 427 g/mol. The minimum absolute atomic E-state index is 0.0267. The highest BCUT2D eigenvalue weighted by Gasteiger charge is 2.36. The minimum atomic E-state index is -0.0267. The molecule has 1 atom stereocenters. The molecule has 2 aromatic rings. The first-order valence-corrected chi connectivity index (χ1v) is 11.4. The van der Waals surface area contributed by atoms with E-state index in [4.69, 9.17) is 16.3 Å². The van der Waals surface area contributed by atoms with Gasteiger partial charge in [-0.1, -0.05) is 60.1 Å². The fourth-order valence-corrected chi connectivity index (χ4v) is 5.00. The normalized spacial score (nSPS) is 21.8. The van der Waals surface area contributed by atoms with Crippen molar-refractivity contribution in [2.45, 2.75) is 37.6 Å². The van der Waals surface area contributed by atoms with Crippen molar-refractivity contribution in [1.82, 2.24) is 10.2 Å². The number of hydrogen-bond donors (Lipinski definition) is 1. The number of amides is 1. The predicted molar refractivity (Wildman–Crippen MR) is 121 cm³/mol. The van der Waals surface area contributed by atoms with Crippen LogP contribution in [0.25, 0.3) is 0 Å². The summed E-state index contributed by atoms with van der Waals surface area (Å²) in [6, 6.07) is 18.6. The van der Waals surface area contributed by atoms with Crippen molar-refractivity contribution in [3.05, 3.63) is 70.7 Å². The maximum atomic E-state index is 13.1. The number of piperidine rings is 1. The maximum absolute atomic E-state index is 13.1. The van der Waals surface area contributed by atoms with Gasteiger partial charge < -0.3 is 10.1 Å². The van der Waals surface area contributed by atoms with Crippen LogP contribution in [0.3, 0.4) is 0 Å². The molecule has 2 aliphatic rings. The molecule has 5 heteroatoms. The highest BCUT2D eigenvalue weighted by Crippen LogP contribution is 2.34. The van der Waals surface area contributed by atoms with Gasteiger partial charge in [0.05, 0.1) is 5.92 Å². The van der Waals surface area contributed by atoms with Gasteiger partial charge in [-0.15, -0.1) is 0 Å². The number of nitrogens with one attached hydrogen (secondary N) is 1. The van der Waals surface area contributed by atoms with Crippen LogP contribution in [0.15, 0.2) is 54.6 Å². The van der Waals surface area contributed by atoms with Crippen molar-refractivity contribution in [2.24, 2.45) is 5.92 Å². The van der Waals surface area contributed by atoms with E-state index in [1.807, 2.05) is 24.3 Å². The Bertz CT molecular complexity index is 836. The summed E-state index contributed by atoms with van der Waals surface area (Å²) in [4.78, 5) is 15.4. The summed E-state index contributed by atoms with van der Waals surface area (Å²) in [5.74, 6) is 0.217. The maximum Gasteiger partial charge on any atom is 0.224 e. The van der Waals surface area contributed by atoms with Gasteiger partial charge in [-0.3, -0.25) is 9.69 Å². The number of rotatable bonds is 6. The van der Waals surface area contributed by atoms with E-state index in [0.29, 0.717) is 6.54 Å². The summed E-state index contributed by atoms with van der Waals surface area (Å²) in [6.07, 6.45) is 3.88. The van der Waals surface area contributed by atoms with Gasteiger partial charge in [0.2, 0.25) is 5.91 Å². The van der Waals surface area contributed by atoms with Gasteiger partial charge in [-0.2, -0.15) is 0 Å². The van der Waals surface area contributed by atoms with E-state index in [1.165, 1.54) is 5.56 Å². The lowest BCUT2D eigenvalue weighted by Crippen LogP contribution is -2.48. The summed E-state index contributed by atoms with van der Waals surface area (Å²) in [7, 11) is 0. The van der Waals surface area contributed by atoms with Gasteiger partial charge in [-0.05, 0) is 49.4 Å². The minimum Gasteiger partial charge on any atom is -0.381 e. The third-order valence-corrected chi connectivity index (χ3v) is 7.03. The molecule has 0 radical (unpaired) electrons. The second-order valence-electron chi connectivity index (χ2n) is 8.64. The first-order chi connectivity index (χ1) is 14.7. The molecular weight excluding hydrogens is 396 g/mol. The Morgan fingerprint density at radius 3 is 2.60 bits per heavy atom. The fourth-order valence-electron chi connectivity index (χ4n) is 4.80. The van der Waals surface area contributed by atoms with Crippen LogP contribution in [-0.4, -0.2) is 43.7 Å². The number of halogens is 1. The Morgan fingerprint density at radius 1 is 1.10 bits per heavy atom. The van der Waals surface area contributed by atoms with Crippen LogP contribution < -0.4 is 5.32 Å². The molecule has 0 aromatic heterocycles. The average Bonchev–Trinajstić information content (AvgIpc) is 2.80. The van der Waals surface area contributed by atoms with Crippen LogP contribution >= 0.6 is 11.6 Å². The largest absolute Gasteiger partial charge is 0.381 e. The van der Waals surface area contributed by atoms with Crippen LogP contribution in [0.4, 0.5) is 0 Å². The summed E-state index contributed by atoms with van der Waals surface area (Å²) in [6.45, 7) is 4.79. The first-order valence-electron chi connectivity index (χ1n) is 11.0. The zero-order chi connectivity index (χ0) is 20.8. The Labute approximate surface area is 184 Å². The third-order valence-electron chi connectivity index (χ3n) is 6.67. The smallest absolute Gasteiger partial charge is 0.224 e. The van der Waals surface area contributed by atoms with Crippen LogP contribution in [0, 0.1) is 5.92 Å². The summed E-state index contributed by atoms with van der Waals surface area (Å²) >= 11 is 6.34. The molecule has 0 spiro atoms. The predicted octanol–water partition coefficient (Wildman–Crippen LogP) is 4.42. The van der Waals surface area contributed by atoms with E-state index >= 15 is 0 Å². The van der Waals surface area contributed by atoms with Crippen LogP contribution in [0.2, 0.25) is 5.02 Å². The monoisotopic (exact) mass is 426 g/mol. The van der Waals surface area contributed by atoms with Gasteiger partial charge in [-0.25, -0.2) is 0 Å².